The van der Waals surface area contributed by atoms with Crippen molar-refractivity contribution in [3.63, 3.8) is 0 Å². The molecule has 2 unspecified atom stereocenters. The number of esters is 2. The summed E-state index contributed by atoms with van der Waals surface area (Å²) in [4.78, 5) is 47.3. The van der Waals surface area contributed by atoms with Crippen molar-refractivity contribution in [1.29, 1.82) is 0 Å². The van der Waals surface area contributed by atoms with Gasteiger partial charge in [0.15, 0.2) is 0 Å². The number of aliphatic hydroxyl groups excluding tert-OH is 2. The Hall–Kier alpha value is -3.58. The SMILES string of the molecule is C.C=C(C)C(=O)OCC(O)CN(CC(=O)O)c1ccc(C)cc1.C=C(C)C(=O)OCC(O)CN(CC(=O)[O-])c1ccc(C)cc1.[Y]. The van der Waals surface area contributed by atoms with E-state index < -0.39 is 36.1 Å². The summed E-state index contributed by atoms with van der Waals surface area (Å²) in [6, 6.07) is 14.5. The molecule has 12 nitrogen and oxygen atoms in total. The number of nitrogens with zero attached hydrogens (tertiary/aromatic N) is 2. The Kier molecular flexibility index (Phi) is 22.1. The molecule has 0 aliphatic heterocycles. The topological polar surface area (TPSA) is 177 Å². The van der Waals surface area contributed by atoms with Gasteiger partial charge in [-0.1, -0.05) is 56.0 Å². The van der Waals surface area contributed by atoms with Crippen LogP contribution in [0, 0.1) is 13.8 Å². The van der Waals surface area contributed by atoms with Crippen LogP contribution in [0.2, 0.25) is 0 Å². The maximum Gasteiger partial charge on any atom is 0.333 e. The zero-order valence-electron chi connectivity index (χ0n) is 26.1. The second-order valence-electron chi connectivity index (χ2n) is 10.3. The fourth-order valence-electron chi connectivity index (χ4n) is 3.56. The van der Waals surface area contributed by atoms with Crippen LogP contribution in [0.5, 0.6) is 0 Å². The summed E-state index contributed by atoms with van der Waals surface area (Å²) in [6.45, 7) is 12.7. The summed E-state index contributed by atoms with van der Waals surface area (Å²) in [6.07, 6.45) is -2.02. The zero-order valence-corrected chi connectivity index (χ0v) is 28.9. The summed E-state index contributed by atoms with van der Waals surface area (Å²) in [7, 11) is 0. The number of carbonyl (C=O) groups excluding carboxylic acids is 3. The van der Waals surface area contributed by atoms with Crippen LogP contribution in [0.1, 0.15) is 32.4 Å². The molecule has 1 radical (unpaired) electrons. The molecular weight excluding hydrogens is 673 g/mol. The molecule has 0 aliphatic rings. The van der Waals surface area contributed by atoms with E-state index in [1.54, 1.807) is 24.3 Å². The van der Waals surface area contributed by atoms with Crippen LogP contribution < -0.4 is 14.9 Å². The molecule has 0 saturated heterocycles. The van der Waals surface area contributed by atoms with E-state index in [0.29, 0.717) is 11.4 Å². The van der Waals surface area contributed by atoms with Gasteiger partial charge >= 0.3 is 17.9 Å². The van der Waals surface area contributed by atoms with E-state index in [0.717, 1.165) is 11.1 Å². The number of aliphatic carboxylic acids is 2. The van der Waals surface area contributed by atoms with Crippen molar-refractivity contribution in [2.45, 2.75) is 47.3 Å². The van der Waals surface area contributed by atoms with Crippen molar-refractivity contribution in [1.82, 2.24) is 0 Å². The third kappa shape index (κ3) is 18.4. The van der Waals surface area contributed by atoms with Gasteiger partial charge < -0.3 is 44.5 Å². The number of carbonyl (C=O) groups is 4. The molecule has 0 aliphatic carbocycles. The number of rotatable bonds is 16. The second-order valence-corrected chi connectivity index (χ2v) is 10.3. The number of aliphatic hydroxyl groups is 2. The number of carboxylic acids is 2. The number of hydrogen-bond donors (Lipinski definition) is 3. The Morgan fingerprint density at radius 3 is 1.35 bits per heavy atom. The molecule has 251 valence electrons. The molecule has 13 heteroatoms. The van der Waals surface area contributed by atoms with Crippen molar-refractivity contribution >= 4 is 35.3 Å². The summed E-state index contributed by atoms with van der Waals surface area (Å²) in [5.74, 6) is -3.45. The number of benzene rings is 2. The van der Waals surface area contributed by atoms with Crippen LogP contribution in [0.4, 0.5) is 11.4 Å². The average Bonchev–Trinajstić information content (AvgIpc) is 2.94. The van der Waals surface area contributed by atoms with E-state index in [9.17, 15) is 34.5 Å². The first-order valence-electron chi connectivity index (χ1n) is 13.6. The van der Waals surface area contributed by atoms with Crippen LogP contribution in [0.3, 0.4) is 0 Å². The van der Waals surface area contributed by atoms with Gasteiger partial charge in [-0.3, -0.25) is 4.79 Å². The van der Waals surface area contributed by atoms with Crippen molar-refractivity contribution in [2.24, 2.45) is 0 Å². The number of anilines is 2. The van der Waals surface area contributed by atoms with E-state index in [4.69, 9.17) is 14.6 Å². The van der Waals surface area contributed by atoms with Gasteiger partial charge in [-0.25, -0.2) is 9.59 Å². The van der Waals surface area contributed by atoms with Gasteiger partial charge in [0.2, 0.25) is 0 Å². The molecule has 0 heterocycles. The van der Waals surface area contributed by atoms with Gasteiger partial charge in [0.25, 0.3) is 0 Å². The molecule has 0 bridgehead atoms. The van der Waals surface area contributed by atoms with Crippen molar-refractivity contribution in [3.8, 4) is 0 Å². The number of hydrogen-bond acceptors (Lipinski definition) is 11. The Morgan fingerprint density at radius 2 is 1.07 bits per heavy atom. The zero-order chi connectivity index (χ0) is 33.4. The molecule has 2 aromatic carbocycles. The maximum atomic E-state index is 11.3. The molecule has 0 spiro atoms. The van der Waals surface area contributed by atoms with Crippen LogP contribution in [-0.2, 0) is 61.4 Å². The normalized spacial score (nSPS) is 11.1. The van der Waals surface area contributed by atoms with Crippen LogP contribution in [0.25, 0.3) is 0 Å². The van der Waals surface area contributed by atoms with Gasteiger partial charge in [-0.2, -0.15) is 0 Å². The fraction of sp³-hybridized carbons (Fsp3) is 0.394. The van der Waals surface area contributed by atoms with Crippen LogP contribution >= 0.6 is 0 Å². The summed E-state index contributed by atoms with van der Waals surface area (Å²) >= 11 is 0. The number of carboxylic acid groups (broad SMARTS) is 2. The minimum Gasteiger partial charge on any atom is -0.548 e. The van der Waals surface area contributed by atoms with E-state index in [-0.39, 0.29) is 90.7 Å². The van der Waals surface area contributed by atoms with Gasteiger partial charge in [-0.05, 0) is 52.0 Å². The second kappa shape index (κ2) is 22.9. The molecular formula is C33H45N2O10Y-. The first kappa shape index (κ1) is 44.5. The third-order valence-corrected chi connectivity index (χ3v) is 5.82. The Morgan fingerprint density at radius 1 is 0.739 bits per heavy atom. The fourth-order valence-corrected chi connectivity index (χ4v) is 3.56. The quantitative estimate of drug-likeness (QED) is 0.170. The molecule has 2 rings (SSSR count). The first-order valence-corrected chi connectivity index (χ1v) is 13.6. The maximum absolute atomic E-state index is 11.3. The Balaban J connectivity index is 0. The van der Waals surface area contributed by atoms with Gasteiger partial charge in [0.05, 0.1) is 12.5 Å². The van der Waals surface area contributed by atoms with E-state index in [2.05, 4.69) is 13.2 Å². The standard InChI is InChI=1S/2C16H21NO5.CH4.Y/c2*1-11(2)16(21)22-10-14(18)8-17(9-15(19)20)13-6-4-12(3)5-7-13;;/h2*4-7,14,18H,1,8-10H2,2-3H3,(H,19,20);1H4;/p-1. The molecule has 0 aromatic heterocycles. The smallest absolute Gasteiger partial charge is 0.333 e. The largest absolute Gasteiger partial charge is 0.548 e. The average molecular weight is 719 g/mol. The van der Waals surface area contributed by atoms with Gasteiger partial charge in [0.1, 0.15) is 32.0 Å². The van der Waals surface area contributed by atoms with Crippen LogP contribution in [-0.4, -0.2) is 90.8 Å². The molecule has 46 heavy (non-hydrogen) atoms. The van der Waals surface area contributed by atoms with E-state index in [1.165, 1.54) is 23.6 Å². The summed E-state index contributed by atoms with van der Waals surface area (Å²) in [5, 5.41) is 39.7. The van der Waals surface area contributed by atoms with Crippen molar-refractivity contribution < 1.29 is 81.8 Å². The molecule has 3 N–H and O–H groups in total. The molecule has 0 fully saturated rings. The molecule has 2 aromatic rings. The van der Waals surface area contributed by atoms with Gasteiger partial charge in [-0.15, -0.1) is 0 Å². The molecule has 0 amide bonds. The minimum absolute atomic E-state index is 0. The van der Waals surface area contributed by atoms with Crippen LogP contribution in [0.15, 0.2) is 72.8 Å². The summed E-state index contributed by atoms with van der Waals surface area (Å²) in [5.41, 5.74) is 3.88. The first-order chi connectivity index (χ1) is 20.6. The molecule has 2 atom stereocenters. The number of ether oxygens (including phenoxy) is 2. The van der Waals surface area contributed by atoms with Crippen molar-refractivity contribution in [2.75, 3.05) is 49.2 Å². The van der Waals surface area contributed by atoms with Crippen molar-refractivity contribution in [3.05, 3.63) is 84.0 Å². The van der Waals surface area contributed by atoms with E-state index >= 15 is 0 Å². The van der Waals surface area contributed by atoms with Gasteiger partial charge in [0, 0.05) is 68.3 Å². The summed E-state index contributed by atoms with van der Waals surface area (Å²) < 4.78 is 9.71. The Labute approximate surface area is 296 Å². The monoisotopic (exact) mass is 718 g/mol. The molecule has 0 saturated carbocycles. The van der Waals surface area contributed by atoms with E-state index in [1.807, 2.05) is 38.1 Å². The Bertz CT molecular complexity index is 1180. The predicted molar refractivity (Wildman–Crippen MR) is 170 cm³/mol. The minimum atomic E-state index is -1.26. The third-order valence-electron chi connectivity index (χ3n) is 5.82. The predicted octanol–water partition coefficient (Wildman–Crippen LogP) is 2.03. The number of aryl methyl sites for hydroxylation is 2.